The Kier molecular flexibility index (Phi) is 6.11. The minimum absolute atomic E-state index is 0.0784. The van der Waals surface area contributed by atoms with Crippen LogP contribution in [0.1, 0.15) is 13.8 Å². The molecular weight excluding hydrogens is 476 g/mol. The van der Waals surface area contributed by atoms with Gasteiger partial charge in [0.1, 0.15) is 10.5 Å². The first-order chi connectivity index (χ1) is 13.7. The van der Waals surface area contributed by atoms with Gasteiger partial charge in [0.2, 0.25) is 5.91 Å². The lowest BCUT2D eigenvalue weighted by Crippen LogP contribution is -2.44. The highest BCUT2D eigenvalue weighted by Crippen LogP contribution is 2.33. The van der Waals surface area contributed by atoms with Crippen molar-refractivity contribution in [2.24, 2.45) is 0 Å². The van der Waals surface area contributed by atoms with Gasteiger partial charge in [0.15, 0.2) is 15.0 Å². The number of aromatic nitrogens is 1. The summed E-state index contributed by atoms with van der Waals surface area (Å²) < 4.78 is 30.4. The molecule has 29 heavy (non-hydrogen) atoms. The smallest absolute Gasteiger partial charge is 0.247 e. The number of anilines is 1. The molecule has 9 heteroatoms. The standard InChI is InChI=1S/C20H19BrN2O4S2/c1-20(2,29(25,26)14-10-8-13(21)9-11-14)18(24)23-19-22-16(12-28-19)15-6-4-5-7-17(15)27-3/h4-12H,1-3H3,(H,22,23,24). The average molecular weight is 495 g/mol. The number of benzene rings is 2. The Hall–Kier alpha value is -2.23. The van der Waals surface area contributed by atoms with Gasteiger partial charge in [0.25, 0.3) is 0 Å². The fraction of sp³-hybridized carbons (Fsp3) is 0.200. The molecule has 0 bridgehead atoms. The van der Waals surface area contributed by atoms with Crippen LogP contribution in [0.15, 0.2) is 63.3 Å². The van der Waals surface area contributed by atoms with Crippen molar-refractivity contribution in [2.75, 3.05) is 12.4 Å². The molecule has 1 aromatic heterocycles. The molecule has 1 amide bonds. The van der Waals surface area contributed by atoms with Gasteiger partial charge in [-0.25, -0.2) is 13.4 Å². The summed E-state index contributed by atoms with van der Waals surface area (Å²) in [5.41, 5.74) is 1.42. The Morgan fingerprint density at radius 1 is 1.14 bits per heavy atom. The van der Waals surface area contributed by atoms with E-state index in [4.69, 9.17) is 4.74 Å². The van der Waals surface area contributed by atoms with Crippen LogP contribution in [0.3, 0.4) is 0 Å². The fourth-order valence-corrected chi connectivity index (χ4v) is 4.94. The number of nitrogens with one attached hydrogen (secondary N) is 1. The quantitative estimate of drug-likeness (QED) is 0.533. The molecule has 0 saturated carbocycles. The molecule has 1 heterocycles. The Morgan fingerprint density at radius 3 is 2.45 bits per heavy atom. The van der Waals surface area contributed by atoms with Gasteiger partial charge in [-0.3, -0.25) is 4.79 Å². The molecule has 3 rings (SSSR count). The predicted octanol–water partition coefficient (Wildman–Crippen LogP) is 4.77. The number of hydrogen-bond donors (Lipinski definition) is 1. The number of para-hydroxylation sites is 1. The van der Waals surface area contributed by atoms with Gasteiger partial charge in [-0.2, -0.15) is 0 Å². The summed E-state index contributed by atoms with van der Waals surface area (Å²) in [6, 6.07) is 13.6. The number of carbonyl (C=O) groups is 1. The lowest BCUT2D eigenvalue weighted by molar-refractivity contribution is -0.117. The van der Waals surface area contributed by atoms with Crippen molar-refractivity contribution in [3.63, 3.8) is 0 Å². The second-order valence-corrected chi connectivity index (χ2v) is 10.9. The molecule has 0 aliphatic rings. The van der Waals surface area contributed by atoms with Crippen LogP contribution in [-0.4, -0.2) is 31.2 Å². The average Bonchev–Trinajstić information content (AvgIpc) is 3.16. The van der Waals surface area contributed by atoms with Crippen molar-refractivity contribution >= 4 is 48.1 Å². The van der Waals surface area contributed by atoms with E-state index in [1.807, 2.05) is 24.3 Å². The van der Waals surface area contributed by atoms with Crippen LogP contribution in [0.5, 0.6) is 5.75 Å². The highest BCUT2D eigenvalue weighted by molar-refractivity contribution is 9.10. The summed E-state index contributed by atoms with van der Waals surface area (Å²) in [6.45, 7) is 2.77. The predicted molar refractivity (Wildman–Crippen MR) is 118 cm³/mol. The summed E-state index contributed by atoms with van der Waals surface area (Å²) in [7, 11) is -2.33. The molecular formula is C20H19BrN2O4S2. The number of ether oxygens (including phenoxy) is 1. The molecule has 2 aromatic carbocycles. The first-order valence-electron chi connectivity index (χ1n) is 8.57. The van der Waals surface area contributed by atoms with Crippen LogP contribution in [-0.2, 0) is 14.6 Å². The topological polar surface area (TPSA) is 85.4 Å². The third-order valence-electron chi connectivity index (χ3n) is 4.45. The highest BCUT2D eigenvalue weighted by atomic mass is 79.9. The minimum atomic E-state index is -3.91. The maximum atomic E-state index is 13.0. The molecule has 1 N–H and O–H groups in total. The first kappa shape index (κ1) is 21.5. The summed E-state index contributed by atoms with van der Waals surface area (Å²) in [6.07, 6.45) is 0. The third kappa shape index (κ3) is 4.22. The van der Waals surface area contributed by atoms with E-state index in [0.717, 1.165) is 10.0 Å². The molecule has 0 saturated heterocycles. The molecule has 0 aliphatic carbocycles. The molecule has 0 unspecified atom stereocenters. The van der Waals surface area contributed by atoms with E-state index in [2.05, 4.69) is 26.2 Å². The van der Waals surface area contributed by atoms with E-state index in [1.54, 1.807) is 24.6 Å². The first-order valence-corrected chi connectivity index (χ1v) is 11.7. The number of hydrogen-bond acceptors (Lipinski definition) is 6. The van der Waals surface area contributed by atoms with Gasteiger partial charge in [0, 0.05) is 15.4 Å². The van der Waals surface area contributed by atoms with E-state index >= 15 is 0 Å². The summed E-state index contributed by atoms with van der Waals surface area (Å²) in [5.74, 6) is 0.00941. The molecule has 0 atom stereocenters. The summed E-state index contributed by atoms with van der Waals surface area (Å²) >= 11 is 4.49. The van der Waals surface area contributed by atoms with Crippen molar-refractivity contribution < 1.29 is 17.9 Å². The Balaban J connectivity index is 1.84. The molecule has 0 spiro atoms. The fourth-order valence-electron chi connectivity index (χ4n) is 2.59. The monoisotopic (exact) mass is 494 g/mol. The van der Waals surface area contributed by atoms with Crippen molar-refractivity contribution in [1.29, 1.82) is 0 Å². The zero-order chi connectivity index (χ0) is 21.2. The summed E-state index contributed by atoms with van der Waals surface area (Å²) in [4.78, 5) is 17.3. The number of halogens is 1. The Bertz CT molecular complexity index is 1140. The van der Waals surface area contributed by atoms with E-state index in [9.17, 15) is 13.2 Å². The zero-order valence-corrected chi connectivity index (χ0v) is 19.2. The second kappa shape index (κ2) is 8.25. The van der Waals surface area contributed by atoms with E-state index in [0.29, 0.717) is 16.6 Å². The van der Waals surface area contributed by atoms with Crippen LogP contribution in [0.25, 0.3) is 11.3 Å². The van der Waals surface area contributed by atoms with Crippen molar-refractivity contribution in [3.05, 3.63) is 58.4 Å². The van der Waals surface area contributed by atoms with Gasteiger partial charge in [0.05, 0.1) is 17.7 Å². The summed E-state index contributed by atoms with van der Waals surface area (Å²) in [5, 5.41) is 4.73. The maximum absolute atomic E-state index is 13.0. The van der Waals surface area contributed by atoms with E-state index < -0.39 is 20.5 Å². The molecule has 0 aliphatic heterocycles. The van der Waals surface area contributed by atoms with Crippen molar-refractivity contribution in [2.45, 2.75) is 23.5 Å². The number of carbonyl (C=O) groups excluding carboxylic acids is 1. The number of nitrogens with zero attached hydrogens (tertiary/aromatic N) is 1. The SMILES string of the molecule is COc1ccccc1-c1csc(NC(=O)C(C)(C)S(=O)(=O)c2ccc(Br)cc2)n1. The maximum Gasteiger partial charge on any atom is 0.247 e. The molecule has 152 valence electrons. The Morgan fingerprint density at radius 2 is 1.79 bits per heavy atom. The largest absolute Gasteiger partial charge is 0.496 e. The normalized spacial score (nSPS) is 11.9. The van der Waals surface area contributed by atoms with Gasteiger partial charge in [-0.05, 0) is 50.2 Å². The number of thiazole rings is 1. The van der Waals surface area contributed by atoms with Crippen LogP contribution >= 0.6 is 27.3 Å². The van der Waals surface area contributed by atoms with Crippen LogP contribution in [0.4, 0.5) is 5.13 Å². The Labute approximate surface area is 182 Å². The highest BCUT2D eigenvalue weighted by Gasteiger charge is 2.43. The number of rotatable bonds is 6. The van der Waals surface area contributed by atoms with E-state index in [-0.39, 0.29) is 4.90 Å². The molecule has 0 fully saturated rings. The van der Waals surface area contributed by atoms with Crippen LogP contribution in [0, 0.1) is 0 Å². The molecule has 6 nitrogen and oxygen atoms in total. The lowest BCUT2D eigenvalue weighted by atomic mass is 10.1. The second-order valence-electron chi connectivity index (χ2n) is 6.66. The van der Waals surface area contributed by atoms with Crippen molar-refractivity contribution in [1.82, 2.24) is 4.98 Å². The van der Waals surface area contributed by atoms with Crippen molar-refractivity contribution in [3.8, 4) is 17.0 Å². The van der Waals surface area contributed by atoms with Crippen LogP contribution in [0.2, 0.25) is 0 Å². The van der Waals surface area contributed by atoms with Gasteiger partial charge in [-0.15, -0.1) is 11.3 Å². The zero-order valence-electron chi connectivity index (χ0n) is 16.0. The number of amides is 1. The third-order valence-corrected chi connectivity index (χ3v) is 8.16. The lowest BCUT2D eigenvalue weighted by Gasteiger charge is -2.23. The van der Waals surface area contributed by atoms with Gasteiger partial charge < -0.3 is 10.1 Å². The van der Waals surface area contributed by atoms with Gasteiger partial charge in [-0.1, -0.05) is 28.1 Å². The minimum Gasteiger partial charge on any atom is -0.496 e. The van der Waals surface area contributed by atoms with E-state index in [1.165, 1.54) is 37.3 Å². The van der Waals surface area contributed by atoms with Gasteiger partial charge >= 0.3 is 0 Å². The molecule has 0 radical (unpaired) electrons. The molecule has 3 aromatic rings. The number of sulfone groups is 1. The van der Waals surface area contributed by atoms with Crippen LogP contribution < -0.4 is 10.1 Å². The number of methoxy groups -OCH3 is 1.